The van der Waals surface area contributed by atoms with Gasteiger partial charge in [0.2, 0.25) is 0 Å². The highest BCUT2D eigenvalue weighted by Gasteiger charge is 2.11. The average Bonchev–Trinajstić information content (AvgIpc) is 2.66. The molecule has 1 heterocycles. The number of halogens is 1. The van der Waals surface area contributed by atoms with Crippen molar-refractivity contribution in [2.24, 2.45) is 0 Å². The first-order chi connectivity index (χ1) is 8.17. The molecule has 0 aliphatic rings. The number of aromatic amines is 1. The van der Waals surface area contributed by atoms with Gasteiger partial charge < -0.3 is 4.74 Å². The number of aromatic nitrogens is 2. The molecule has 0 aliphatic carbocycles. The van der Waals surface area contributed by atoms with E-state index in [4.69, 9.17) is 4.74 Å². The van der Waals surface area contributed by atoms with Crippen LogP contribution in [0, 0.1) is 0 Å². The highest BCUT2D eigenvalue weighted by Crippen LogP contribution is 2.16. The summed E-state index contributed by atoms with van der Waals surface area (Å²) in [4.78, 5) is 12.0. The Hall–Kier alpha value is -1.49. The van der Waals surface area contributed by atoms with Crippen molar-refractivity contribution in [3.05, 3.63) is 44.8 Å². The number of nitrogens with one attached hydrogen (secondary N) is 1. The van der Waals surface area contributed by atoms with Gasteiger partial charge in [0.05, 0.1) is 18.5 Å². The van der Waals surface area contributed by atoms with Crippen LogP contribution in [0.4, 0.5) is 0 Å². The average molecular weight is 297 g/mol. The van der Waals surface area contributed by atoms with Crippen molar-refractivity contribution in [2.75, 3.05) is 7.11 Å². The van der Waals surface area contributed by atoms with Gasteiger partial charge in [0.1, 0.15) is 10.2 Å². The van der Waals surface area contributed by atoms with Crippen LogP contribution in [-0.4, -0.2) is 16.9 Å². The molecule has 0 atom stereocenters. The lowest BCUT2D eigenvalue weighted by Crippen LogP contribution is -2.14. The molecule has 0 radical (unpaired) electrons. The van der Waals surface area contributed by atoms with Crippen LogP contribution in [-0.2, 0) is 6.42 Å². The summed E-state index contributed by atoms with van der Waals surface area (Å²) in [5.41, 5.74) is 1.61. The van der Waals surface area contributed by atoms with Gasteiger partial charge in [-0.15, -0.1) is 0 Å². The molecule has 4 nitrogen and oxygen atoms in total. The van der Waals surface area contributed by atoms with E-state index < -0.39 is 0 Å². The predicted octanol–water partition coefficient (Wildman–Crippen LogP) is 2.50. The highest BCUT2D eigenvalue weighted by molar-refractivity contribution is 9.10. The molecule has 0 fully saturated rings. The number of nitrogens with zero attached hydrogens (tertiary/aromatic N) is 1. The molecule has 2 aromatic rings. The smallest absolute Gasteiger partial charge is 0.285 e. The zero-order valence-corrected chi connectivity index (χ0v) is 11.2. The molecular weight excluding hydrogens is 284 g/mol. The molecule has 0 amide bonds. The lowest BCUT2D eigenvalue weighted by Gasteiger charge is -2.03. The highest BCUT2D eigenvalue weighted by atomic mass is 79.9. The van der Waals surface area contributed by atoms with Crippen molar-refractivity contribution in [3.8, 4) is 11.4 Å². The van der Waals surface area contributed by atoms with E-state index >= 15 is 0 Å². The lowest BCUT2D eigenvalue weighted by molar-refractivity contribution is 0.414. The predicted molar refractivity (Wildman–Crippen MR) is 70.0 cm³/mol. The van der Waals surface area contributed by atoms with E-state index in [1.807, 2.05) is 31.2 Å². The van der Waals surface area contributed by atoms with Crippen molar-refractivity contribution in [2.45, 2.75) is 13.3 Å². The Morgan fingerprint density at radius 2 is 2.00 bits per heavy atom. The molecule has 1 N–H and O–H groups in total. The second-order valence-corrected chi connectivity index (χ2v) is 4.39. The first-order valence-corrected chi connectivity index (χ1v) is 6.10. The SMILES string of the molecule is CCc1[nH]n(-c2ccc(OC)cc2)c(=O)c1Br. The summed E-state index contributed by atoms with van der Waals surface area (Å²) < 4.78 is 7.19. The summed E-state index contributed by atoms with van der Waals surface area (Å²) in [6, 6.07) is 7.31. The summed E-state index contributed by atoms with van der Waals surface area (Å²) in [5, 5.41) is 3.07. The largest absolute Gasteiger partial charge is 0.497 e. The van der Waals surface area contributed by atoms with Crippen LogP contribution in [0.2, 0.25) is 0 Å². The van der Waals surface area contributed by atoms with Crippen LogP contribution in [0.25, 0.3) is 5.69 Å². The van der Waals surface area contributed by atoms with Crippen molar-refractivity contribution in [1.29, 1.82) is 0 Å². The molecule has 1 aromatic carbocycles. The Morgan fingerprint density at radius 3 is 2.47 bits per heavy atom. The van der Waals surface area contributed by atoms with Gasteiger partial charge in [-0.05, 0) is 46.6 Å². The van der Waals surface area contributed by atoms with Crippen molar-refractivity contribution in [1.82, 2.24) is 9.78 Å². The number of aryl methyl sites for hydroxylation is 1. The first-order valence-electron chi connectivity index (χ1n) is 5.31. The van der Waals surface area contributed by atoms with E-state index in [1.165, 1.54) is 4.68 Å². The molecule has 0 bridgehead atoms. The standard InChI is InChI=1S/C12H13BrN2O2/c1-3-10-11(13)12(16)15(14-10)8-4-6-9(17-2)7-5-8/h4-7,14H,3H2,1-2H3. The maximum atomic E-state index is 12.0. The molecule has 5 heteroatoms. The summed E-state index contributed by atoms with van der Waals surface area (Å²) >= 11 is 3.30. The summed E-state index contributed by atoms with van der Waals surface area (Å²) in [5.74, 6) is 0.767. The molecule has 0 saturated heterocycles. The van der Waals surface area contributed by atoms with Crippen LogP contribution in [0.3, 0.4) is 0 Å². The van der Waals surface area contributed by atoms with E-state index in [0.29, 0.717) is 4.47 Å². The van der Waals surface area contributed by atoms with Crippen molar-refractivity contribution in [3.63, 3.8) is 0 Å². The van der Waals surface area contributed by atoms with Gasteiger partial charge in [-0.3, -0.25) is 9.89 Å². The second kappa shape index (κ2) is 4.79. The van der Waals surface area contributed by atoms with Gasteiger partial charge in [0, 0.05) is 0 Å². The Kier molecular flexibility index (Phi) is 3.38. The van der Waals surface area contributed by atoms with Crippen LogP contribution in [0.1, 0.15) is 12.6 Å². The molecular formula is C12H13BrN2O2. The molecule has 0 saturated carbocycles. The van der Waals surface area contributed by atoms with Crippen LogP contribution in [0.15, 0.2) is 33.5 Å². The van der Waals surface area contributed by atoms with E-state index in [1.54, 1.807) is 7.11 Å². The fraction of sp³-hybridized carbons (Fsp3) is 0.250. The maximum Gasteiger partial charge on any atom is 0.285 e. The van der Waals surface area contributed by atoms with Gasteiger partial charge in [0.15, 0.2) is 0 Å². The molecule has 90 valence electrons. The normalized spacial score (nSPS) is 10.5. The maximum absolute atomic E-state index is 12.0. The Morgan fingerprint density at radius 1 is 1.35 bits per heavy atom. The molecule has 0 aliphatic heterocycles. The Labute approximate surface area is 107 Å². The number of hydrogen-bond acceptors (Lipinski definition) is 2. The number of rotatable bonds is 3. The minimum atomic E-state index is -0.0768. The van der Waals surface area contributed by atoms with Gasteiger partial charge in [0.25, 0.3) is 5.56 Å². The van der Waals surface area contributed by atoms with Gasteiger partial charge in [-0.25, -0.2) is 4.68 Å². The van der Waals surface area contributed by atoms with Gasteiger partial charge in [-0.2, -0.15) is 0 Å². The van der Waals surface area contributed by atoms with Crippen LogP contribution < -0.4 is 10.3 Å². The van der Waals surface area contributed by atoms with Gasteiger partial charge >= 0.3 is 0 Å². The second-order valence-electron chi connectivity index (χ2n) is 3.60. The zero-order chi connectivity index (χ0) is 12.4. The fourth-order valence-electron chi connectivity index (χ4n) is 1.61. The third-order valence-electron chi connectivity index (χ3n) is 2.59. The molecule has 0 unspecified atom stereocenters. The van der Waals surface area contributed by atoms with Gasteiger partial charge in [-0.1, -0.05) is 6.92 Å². The Balaban J connectivity index is 2.49. The zero-order valence-electron chi connectivity index (χ0n) is 9.66. The topological polar surface area (TPSA) is 47.0 Å². The minimum Gasteiger partial charge on any atom is -0.497 e. The number of methoxy groups -OCH3 is 1. The first kappa shape index (κ1) is 12.0. The summed E-state index contributed by atoms with van der Waals surface area (Å²) in [6.45, 7) is 1.99. The fourth-order valence-corrected chi connectivity index (χ4v) is 2.16. The van der Waals surface area contributed by atoms with E-state index in [-0.39, 0.29) is 5.56 Å². The molecule has 1 aromatic heterocycles. The van der Waals surface area contributed by atoms with Crippen molar-refractivity contribution >= 4 is 15.9 Å². The third kappa shape index (κ3) is 2.15. The van der Waals surface area contributed by atoms with E-state index in [0.717, 1.165) is 23.6 Å². The quantitative estimate of drug-likeness (QED) is 0.946. The number of ether oxygens (including phenoxy) is 1. The summed E-state index contributed by atoms with van der Waals surface area (Å²) in [7, 11) is 1.61. The van der Waals surface area contributed by atoms with E-state index in [9.17, 15) is 4.79 Å². The lowest BCUT2D eigenvalue weighted by atomic mass is 10.3. The number of H-pyrrole nitrogens is 1. The number of benzene rings is 1. The minimum absolute atomic E-state index is 0.0768. The van der Waals surface area contributed by atoms with E-state index in [2.05, 4.69) is 21.0 Å². The monoisotopic (exact) mass is 296 g/mol. The van der Waals surface area contributed by atoms with Crippen LogP contribution >= 0.6 is 15.9 Å². The number of hydrogen-bond donors (Lipinski definition) is 1. The molecule has 17 heavy (non-hydrogen) atoms. The van der Waals surface area contributed by atoms with Crippen molar-refractivity contribution < 1.29 is 4.74 Å². The Bertz CT molecular complexity index is 569. The van der Waals surface area contributed by atoms with Crippen LogP contribution in [0.5, 0.6) is 5.75 Å². The molecule has 0 spiro atoms. The third-order valence-corrected chi connectivity index (χ3v) is 3.40. The summed E-state index contributed by atoms with van der Waals surface area (Å²) in [6.07, 6.45) is 0.777. The molecule has 2 rings (SSSR count).